The quantitative estimate of drug-likeness (QED) is 0.0847. The average Bonchev–Trinajstić information content (AvgIpc) is 2.99. The van der Waals surface area contributed by atoms with Crippen LogP contribution in [0.1, 0.15) is 60.8 Å². The molecule has 14 heteroatoms. The summed E-state index contributed by atoms with van der Waals surface area (Å²) in [4.78, 5) is 10.1. The first-order chi connectivity index (χ1) is 21.0. The molecule has 0 aliphatic carbocycles. The molecule has 248 valence electrons. The van der Waals surface area contributed by atoms with E-state index in [1.54, 1.807) is 14.2 Å². The van der Waals surface area contributed by atoms with Gasteiger partial charge in [-0.15, -0.1) is 0 Å². The van der Waals surface area contributed by atoms with Crippen LogP contribution in [0.15, 0.2) is 58.8 Å². The van der Waals surface area contributed by atoms with Crippen molar-refractivity contribution in [3.05, 3.63) is 70.8 Å². The predicted molar refractivity (Wildman–Crippen MR) is 157 cm³/mol. The van der Waals surface area contributed by atoms with Gasteiger partial charge in [-0.25, -0.2) is 0 Å². The number of alkyl halides is 6. The number of nitrogens with two attached hydrogens (primary N) is 2. The number of nitrogens with zero attached hydrogens (tertiary/aromatic N) is 2. The number of benzene rings is 2. The van der Waals surface area contributed by atoms with Crippen LogP contribution in [0.2, 0.25) is 0 Å². The molecular weight excluding hydrogens is 594 g/mol. The third-order valence-corrected chi connectivity index (χ3v) is 5.88. The lowest BCUT2D eigenvalue weighted by atomic mass is 10.0. The summed E-state index contributed by atoms with van der Waals surface area (Å²) in [6.45, 7) is 2.44. The summed E-state index contributed by atoms with van der Waals surface area (Å²) in [5.74, 6) is 0. The van der Waals surface area contributed by atoms with Gasteiger partial charge in [-0.3, -0.25) is 0 Å². The van der Waals surface area contributed by atoms with E-state index < -0.39 is 23.5 Å². The van der Waals surface area contributed by atoms with E-state index in [1.165, 1.54) is 24.3 Å². The van der Waals surface area contributed by atoms with Crippen molar-refractivity contribution in [2.45, 2.75) is 50.9 Å². The van der Waals surface area contributed by atoms with Gasteiger partial charge >= 0.3 is 12.4 Å². The largest absolute Gasteiger partial charge is 0.416 e. The van der Waals surface area contributed by atoms with Crippen LogP contribution in [-0.4, -0.2) is 65.2 Å². The fraction of sp³-hybridized carbons (Fsp3) is 0.533. The molecule has 4 N–H and O–H groups in total. The number of ether oxygens (including phenoxy) is 2. The Kier molecular flexibility index (Phi) is 19.0. The van der Waals surface area contributed by atoms with E-state index in [4.69, 9.17) is 30.6 Å². The zero-order valence-electron chi connectivity index (χ0n) is 25.1. The molecule has 0 aliphatic rings. The monoisotopic (exact) mass is 636 g/mol. The van der Waals surface area contributed by atoms with Crippen molar-refractivity contribution in [1.82, 2.24) is 0 Å². The molecule has 0 bridgehead atoms. The van der Waals surface area contributed by atoms with Crippen molar-refractivity contribution in [1.29, 1.82) is 0 Å². The lowest BCUT2D eigenvalue weighted by Gasteiger charge is -2.10. The average molecular weight is 637 g/mol. The number of methoxy groups -OCH3 is 2. The second-order valence-corrected chi connectivity index (χ2v) is 9.37. The minimum atomic E-state index is -4.34. The highest BCUT2D eigenvalue weighted by Crippen LogP contribution is 2.30. The lowest BCUT2D eigenvalue weighted by molar-refractivity contribution is -0.138. The highest BCUT2D eigenvalue weighted by molar-refractivity contribution is 6.00. The number of oxime groups is 2. The molecule has 0 radical (unpaired) electrons. The van der Waals surface area contributed by atoms with Crippen LogP contribution < -0.4 is 11.5 Å². The van der Waals surface area contributed by atoms with E-state index in [2.05, 4.69) is 10.3 Å². The lowest BCUT2D eigenvalue weighted by Crippen LogP contribution is -2.09. The van der Waals surface area contributed by atoms with E-state index in [9.17, 15) is 26.3 Å². The molecule has 0 fully saturated rings. The van der Waals surface area contributed by atoms with E-state index >= 15 is 0 Å². The first kappa shape index (κ1) is 38.8. The topological polar surface area (TPSA) is 114 Å². The standard InChI is InChI=1S/2C15H21F3N2O2/c2*1-21-10-3-2-4-14(20-22-11-9-19)12-5-7-13(8-6-12)15(16,17)18/h2*5-8H,2-4,9-11,19H2,1H3/b2*20-14+. The zero-order chi connectivity index (χ0) is 32.8. The van der Waals surface area contributed by atoms with Gasteiger partial charge in [0.05, 0.1) is 22.6 Å². The third kappa shape index (κ3) is 16.0. The summed E-state index contributed by atoms with van der Waals surface area (Å²) < 4.78 is 85.4. The molecule has 0 spiro atoms. The zero-order valence-corrected chi connectivity index (χ0v) is 25.1. The Bertz CT molecular complexity index is 1010. The molecule has 0 aliphatic heterocycles. The van der Waals surface area contributed by atoms with Gasteiger partial charge in [0.15, 0.2) is 0 Å². The normalized spacial score (nSPS) is 12.5. The molecule has 0 heterocycles. The van der Waals surface area contributed by atoms with Gasteiger partial charge in [-0.05, 0) is 73.9 Å². The van der Waals surface area contributed by atoms with Gasteiger partial charge in [-0.1, -0.05) is 34.6 Å². The maximum Gasteiger partial charge on any atom is 0.416 e. The fourth-order valence-electron chi connectivity index (χ4n) is 3.62. The molecule has 0 atom stereocenters. The summed E-state index contributed by atoms with van der Waals surface area (Å²) in [6, 6.07) is 9.80. The smallest absolute Gasteiger partial charge is 0.394 e. The minimum Gasteiger partial charge on any atom is -0.394 e. The molecule has 2 aromatic carbocycles. The molecule has 44 heavy (non-hydrogen) atoms. The first-order valence-electron chi connectivity index (χ1n) is 14.1. The summed E-state index contributed by atoms with van der Waals surface area (Å²) >= 11 is 0. The number of halogens is 6. The van der Waals surface area contributed by atoms with E-state index in [1.807, 2.05) is 0 Å². The second kappa shape index (κ2) is 21.5. The molecule has 0 saturated carbocycles. The minimum absolute atomic E-state index is 0.266. The Morgan fingerprint density at radius 1 is 0.568 bits per heavy atom. The van der Waals surface area contributed by atoms with Crippen LogP contribution in [0.5, 0.6) is 0 Å². The van der Waals surface area contributed by atoms with Gasteiger partial charge in [-0.2, -0.15) is 26.3 Å². The van der Waals surface area contributed by atoms with Gasteiger partial charge in [0.25, 0.3) is 0 Å². The Balaban J connectivity index is 0.000000440. The van der Waals surface area contributed by atoms with Gasteiger partial charge < -0.3 is 30.6 Å². The number of hydrogen-bond acceptors (Lipinski definition) is 8. The Hall–Kier alpha value is -3.20. The molecule has 0 amide bonds. The molecular formula is C30H42F6N4O4. The molecule has 2 rings (SSSR count). The summed E-state index contributed by atoms with van der Waals surface area (Å²) in [7, 11) is 3.24. The van der Waals surface area contributed by atoms with Crippen LogP contribution in [0.3, 0.4) is 0 Å². The van der Waals surface area contributed by atoms with Crippen LogP contribution in [0, 0.1) is 0 Å². The van der Waals surface area contributed by atoms with Gasteiger partial charge in [0.1, 0.15) is 13.2 Å². The molecule has 8 nitrogen and oxygen atoms in total. The second-order valence-electron chi connectivity index (χ2n) is 9.37. The number of rotatable bonds is 18. The molecule has 0 unspecified atom stereocenters. The van der Waals surface area contributed by atoms with Crippen molar-refractivity contribution in [3.63, 3.8) is 0 Å². The predicted octanol–water partition coefficient (Wildman–Crippen LogP) is 6.40. The van der Waals surface area contributed by atoms with Crippen molar-refractivity contribution in [3.8, 4) is 0 Å². The highest BCUT2D eigenvalue weighted by Gasteiger charge is 2.31. The summed E-state index contributed by atoms with van der Waals surface area (Å²) in [5.41, 5.74) is 11.7. The Morgan fingerprint density at radius 2 is 0.909 bits per heavy atom. The fourth-order valence-corrected chi connectivity index (χ4v) is 3.62. The van der Waals surface area contributed by atoms with Crippen LogP contribution in [0.25, 0.3) is 0 Å². The van der Waals surface area contributed by atoms with E-state index in [-0.39, 0.29) is 13.2 Å². The van der Waals surface area contributed by atoms with Crippen LogP contribution in [0.4, 0.5) is 26.3 Å². The maximum absolute atomic E-state index is 12.6. The maximum atomic E-state index is 12.6. The van der Waals surface area contributed by atoms with Crippen molar-refractivity contribution < 1.29 is 45.5 Å². The molecule has 0 aromatic heterocycles. The van der Waals surface area contributed by atoms with Crippen LogP contribution >= 0.6 is 0 Å². The van der Waals surface area contributed by atoms with Gasteiger partial charge in [0, 0.05) is 40.5 Å². The molecule has 2 aromatic rings. The van der Waals surface area contributed by atoms with Gasteiger partial charge in [0.2, 0.25) is 0 Å². The number of unbranched alkanes of at least 4 members (excludes halogenated alkanes) is 2. The SMILES string of the molecule is COCCCC/C(=N\OCCN)c1ccc(C(F)(F)F)cc1.COCCCC/C(=N\OCCN)c1ccc(C(F)(F)F)cc1. The molecule has 0 saturated heterocycles. The highest BCUT2D eigenvalue weighted by atomic mass is 19.4. The van der Waals surface area contributed by atoms with E-state index in [0.29, 0.717) is 61.7 Å². The van der Waals surface area contributed by atoms with E-state index in [0.717, 1.165) is 49.9 Å². The summed E-state index contributed by atoms with van der Waals surface area (Å²) in [5, 5.41) is 7.98. The first-order valence-corrected chi connectivity index (χ1v) is 14.1. The number of hydrogen-bond donors (Lipinski definition) is 2. The van der Waals surface area contributed by atoms with Crippen LogP contribution in [-0.2, 0) is 31.5 Å². The third-order valence-electron chi connectivity index (χ3n) is 5.88. The van der Waals surface area contributed by atoms with Crippen molar-refractivity contribution in [2.24, 2.45) is 21.8 Å². The van der Waals surface area contributed by atoms with Crippen molar-refractivity contribution in [2.75, 3.05) is 53.7 Å². The summed E-state index contributed by atoms with van der Waals surface area (Å²) in [6.07, 6.45) is -4.20. The van der Waals surface area contributed by atoms with Crippen molar-refractivity contribution >= 4 is 11.4 Å². The Labute approximate surface area is 254 Å². The Morgan fingerprint density at radius 3 is 1.18 bits per heavy atom.